The Balaban J connectivity index is 1.73. The van der Waals surface area contributed by atoms with Crippen molar-refractivity contribution in [2.24, 2.45) is 5.73 Å². The molecule has 0 aliphatic heterocycles. The first kappa shape index (κ1) is 31.8. The summed E-state index contributed by atoms with van der Waals surface area (Å²) >= 11 is 5.62. The number of nitrogens with one attached hydrogen (secondary N) is 4. The van der Waals surface area contributed by atoms with Gasteiger partial charge in [-0.15, -0.1) is 0 Å². The zero-order chi connectivity index (χ0) is 29.9. The Morgan fingerprint density at radius 2 is 1.56 bits per heavy atom. The quantitative estimate of drug-likeness (QED) is 0.119. The maximum absolute atomic E-state index is 13.4. The molecule has 0 fully saturated rings. The summed E-state index contributed by atoms with van der Waals surface area (Å²) in [5, 5.41) is 27.7. The van der Waals surface area contributed by atoms with Crippen molar-refractivity contribution < 1.29 is 29.4 Å². The molecule has 8 N–H and O–H groups in total. The molecule has 0 saturated carbocycles. The largest absolute Gasteiger partial charge is 0.508 e. The lowest BCUT2D eigenvalue weighted by molar-refractivity contribution is -0.142. The van der Waals surface area contributed by atoms with E-state index in [0.717, 1.165) is 16.5 Å². The number of thiol groups is 1. The fourth-order valence-electron chi connectivity index (χ4n) is 4.22. The molecule has 13 heteroatoms. The molecule has 3 aromatic rings. The summed E-state index contributed by atoms with van der Waals surface area (Å²) < 4.78 is 0. The molecule has 0 aliphatic rings. The number of carbonyl (C=O) groups excluding carboxylic acids is 3. The number of aromatic nitrogens is 1. The van der Waals surface area contributed by atoms with Crippen molar-refractivity contribution in [1.82, 2.24) is 20.9 Å². The topological polar surface area (TPSA) is 187 Å². The monoisotopic (exact) mass is 601 g/mol. The summed E-state index contributed by atoms with van der Waals surface area (Å²) in [5.74, 6) is -2.66. The predicted molar refractivity (Wildman–Crippen MR) is 162 cm³/mol. The van der Waals surface area contributed by atoms with E-state index < -0.39 is 47.9 Å². The third kappa shape index (κ3) is 9.17. The minimum atomic E-state index is -1.18. The number of fused-ring (bicyclic) bond motifs is 1. The second-order valence-corrected chi connectivity index (χ2v) is 10.9. The molecule has 1 heterocycles. The SMILES string of the molecule is CSCCC(NC(=O)C(CS)NC(=O)C(Cc1ccc(O)cc1)NC(=O)C(N)Cc1c[nH]c2ccccc12)C(=O)O. The van der Waals surface area contributed by atoms with Gasteiger partial charge in [-0.3, -0.25) is 14.4 Å². The number of aromatic amines is 1. The molecule has 0 spiro atoms. The van der Waals surface area contributed by atoms with Crippen LogP contribution in [-0.2, 0) is 32.0 Å². The molecular weight excluding hydrogens is 566 g/mol. The molecule has 2 aromatic carbocycles. The number of phenols is 1. The molecule has 1 aromatic heterocycles. The van der Waals surface area contributed by atoms with Crippen molar-refractivity contribution in [2.75, 3.05) is 17.8 Å². The predicted octanol–water partition coefficient (Wildman–Crippen LogP) is 1.21. The second-order valence-electron chi connectivity index (χ2n) is 9.53. The van der Waals surface area contributed by atoms with Gasteiger partial charge in [0.15, 0.2) is 0 Å². The first-order valence-electron chi connectivity index (χ1n) is 12.9. The van der Waals surface area contributed by atoms with E-state index in [1.54, 1.807) is 18.3 Å². The van der Waals surface area contributed by atoms with Crippen LogP contribution in [0.25, 0.3) is 10.9 Å². The van der Waals surface area contributed by atoms with Gasteiger partial charge in [-0.2, -0.15) is 24.4 Å². The Morgan fingerprint density at radius 3 is 2.22 bits per heavy atom. The number of amides is 3. The Labute approximate surface area is 247 Å². The summed E-state index contributed by atoms with van der Waals surface area (Å²) in [6, 6.07) is 9.39. The highest BCUT2D eigenvalue weighted by atomic mass is 32.2. The molecule has 11 nitrogen and oxygen atoms in total. The maximum Gasteiger partial charge on any atom is 0.326 e. The van der Waals surface area contributed by atoms with E-state index in [1.807, 2.05) is 30.5 Å². The zero-order valence-corrected chi connectivity index (χ0v) is 24.2. The molecular formula is C28H35N5O6S2. The fraction of sp³-hybridized carbons (Fsp3) is 0.357. The van der Waals surface area contributed by atoms with Crippen LogP contribution in [0.2, 0.25) is 0 Å². The minimum absolute atomic E-state index is 0.0424. The number of aromatic hydroxyl groups is 1. The summed E-state index contributed by atoms with van der Waals surface area (Å²) in [6.07, 6.45) is 4.09. The van der Waals surface area contributed by atoms with Crippen LogP contribution >= 0.6 is 24.4 Å². The Morgan fingerprint density at radius 1 is 0.927 bits per heavy atom. The molecule has 41 heavy (non-hydrogen) atoms. The zero-order valence-electron chi connectivity index (χ0n) is 22.5. The highest BCUT2D eigenvalue weighted by Gasteiger charge is 2.30. The third-order valence-corrected chi connectivity index (χ3v) is 7.51. The molecule has 3 rings (SSSR count). The van der Waals surface area contributed by atoms with Gasteiger partial charge < -0.3 is 36.9 Å². The van der Waals surface area contributed by atoms with Crippen molar-refractivity contribution in [3.05, 3.63) is 65.9 Å². The van der Waals surface area contributed by atoms with E-state index in [9.17, 15) is 29.4 Å². The number of benzene rings is 2. The van der Waals surface area contributed by atoms with Gasteiger partial charge in [-0.1, -0.05) is 30.3 Å². The van der Waals surface area contributed by atoms with E-state index in [1.165, 1.54) is 23.9 Å². The first-order valence-corrected chi connectivity index (χ1v) is 15.0. The van der Waals surface area contributed by atoms with Crippen molar-refractivity contribution in [3.8, 4) is 5.75 Å². The lowest BCUT2D eigenvalue weighted by atomic mass is 10.0. The van der Waals surface area contributed by atoms with Crippen LogP contribution in [0.3, 0.4) is 0 Å². The van der Waals surface area contributed by atoms with E-state index in [0.29, 0.717) is 11.3 Å². The van der Waals surface area contributed by atoms with Crippen LogP contribution in [0.1, 0.15) is 17.5 Å². The number of aliphatic carboxylic acids is 1. The van der Waals surface area contributed by atoms with Crippen LogP contribution in [0, 0.1) is 0 Å². The number of nitrogens with two attached hydrogens (primary N) is 1. The number of H-pyrrole nitrogens is 1. The average Bonchev–Trinajstić information content (AvgIpc) is 3.36. The van der Waals surface area contributed by atoms with Crippen molar-refractivity contribution >= 4 is 59.0 Å². The Bertz CT molecular complexity index is 1350. The number of thioether (sulfide) groups is 1. The lowest BCUT2D eigenvalue weighted by Gasteiger charge is -2.24. The lowest BCUT2D eigenvalue weighted by Crippen LogP contribution is -2.58. The van der Waals surface area contributed by atoms with Gasteiger partial charge in [0.05, 0.1) is 6.04 Å². The van der Waals surface area contributed by atoms with Gasteiger partial charge in [0, 0.05) is 29.3 Å². The molecule has 0 saturated heterocycles. The molecule has 0 bridgehead atoms. The number of carboxylic acids is 1. The van der Waals surface area contributed by atoms with E-state index >= 15 is 0 Å². The van der Waals surface area contributed by atoms with Gasteiger partial charge in [-0.25, -0.2) is 4.79 Å². The second kappa shape index (κ2) is 15.4. The number of hydrogen-bond donors (Lipinski definition) is 8. The molecule has 0 aliphatic carbocycles. The third-order valence-electron chi connectivity index (χ3n) is 6.50. The number of para-hydroxylation sites is 1. The van der Waals surface area contributed by atoms with Crippen molar-refractivity contribution in [1.29, 1.82) is 0 Å². The number of phenolic OH excluding ortho intramolecular Hbond substituents is 1. The molecule has 4 atom stereocenters. The van der Waals surface area contributed by atoms with Crippen LogP contribution in [0.4, 0.5) is 0 Å². The average molecular weight is 602 g/mol. The number of rotatable bonds is 15. The first-order chi connectivity index (χ1) is 19.6. The highest BCUT2D eigenvalue weighted by molar-refractivity contribution is 7.98. The molecule has 3 amide bonds. The Hall–Kier alpha value is -3.68. The van der Waals surface area contributed by atoms with Crippen LogP contribution in [0.5, 0.6) is 5.75 Å². The van der Waals surface area contributed by atoms with Gasteiger partial charge in [-0.05, 0) is 54.2 Å². The van der Waals surface area contributed by atoms with Crippen LogP contribution < -0.4 is 21.7 Å². The molecule has 220 valence electrons. The molecule has 0 radical (unpaired) electrons. The fourth-order valence-corrected chi connectivity index (χ4v) is 4.95. The van der Waals surface area contributed by atoms with Gasteiger partial charge in [0.25, 0.3) is 0 Å². The van der Waals surface area contributed by atoms with E-state index in [2.05, 4.69) is 33.6 Å². The normalized spacial score (nSPS) is 14.0. The minimum Gasteiger partial charge on any atom is -0.508 e. The number of hydrogen-bond acceptors (Lipinski definition) is 8. The maximum atomic E-state index is 13.4. The summed E-state index contributed by atoms with van der Waals surface area (Å²) in [5.41, 5.74) is 8.64. The standard InChI is InChI=1S/C28H35N5O6S2/c1-41-11-10-22(28(38)39)31-27(37)24(15-40)33-26(36)23(12-16-6-8-18(34)9-7-16)32-25(35)20(29)13-17-14-30-21-5-3-2-4-19(17)21/h2-9,14,20,22-24,30,34,40H,10-13,15,29H2,1H3,(H,31,37)(H,32,35)(H,33,36)(H,38,39). The van der Waals surface area contributed by atoms with Crippen molar-refractivity contribution in [2.45, 2.75) is 43.4 Å². The van der Waals surface area contributed by atoms with Crippen LogP contribution in [-0.4, -0.2) is 80.8 Å². The summed E-state index contributed by atoms with van der Waals surface area (Å²) in [4.78, 5) is 54.1. The highest BCUT2D eigenvalue weighted by Crippen LogP contribution is 2.19. The van der Waals surface area contributed by atoms with Crippen LogP contribution in [0.15, 0.2) is 54.7 Å². The number of carbonyl (C=O) groups is 4. The Kier molecular flexibility index (Phi) is 11.9. The molecule has 4 unspecified atom stereocenters. The smallest absolute Gasteiger partial charge is 0.326 e. The van der Waals surface area contributed by atoms with Gasteiger partial charge >= 0.3 is 5.97 Å². The van der Waals surface area contributed by atoms with Gasteiger partial charge in [0.1, 0.15) is 23.9 Å². The van der Waals surface area contributed by atoms with E-state index in [-0.39, 0.29) is 30.8 Å². The van der Waals surface area contributed by atoms with E-state index in [4.69, 9.17) is 5.73 Å². The summed E-state index contributed by atoms with van der Waals surface area (Å²) in [7, 11) is 0. The number of carboxylic acid groups (broad SMARTS) is 1. The van der Waals surface area contributed by atoms with Crippen molar-refractivity contribution in [3.63, 3.8) is 0 Å². The summed E-state index contributed by atoms with van der Waals surface area (Å²) in [6.45, 7) is 0. The van der Waals surface area contributed by atoms with Gasteiger partial charge in [0.2, 0.25) is 17.7 Å².